The number of carbonyl (C=O) groups excluding carboxylic acids is 1. The molecule has 0 saturated heterocycles. The van der Waals surface area contributed by atoms with Crippen LogP contribution >= 0.6 is 0 Å². The van der Waals surface area contributed by atoms with E-state index in [0.29, 0.717) is 0 Å². The average molecular weight is 252 g/mol. The first-order valence-electron chi connectivity index (χ1n) is 6.25. The van der Waals surface area contributed by atoms with Gasteiger partial charge in [-0.25, -0.2) is 4.98 Å². The van der Waals surface area contributed by atoms with E-state index in [0.717, 1.165) is 5.82 Å². The Labute approximate surface area is 109 Å². The molecule has 102 valence electrons. The Morgan fingerprint density at radius 1 is 1.22 bits per heavy atom. The minimum absolute atomic E-state index is 0.0127. The Hall–Kier alpha value is -1.39. The molecule has 18 heavy (non-hydrogen) atoms. The van der Waals surface area contributed by atoms with E-state index in [4.69, 9.17) is 0 Å². The van der Waals surface area contributed by atoms with Crippen molar-refractivity contribution in [3.63, 3.8) is 0 Å². The third kappa shape index (κ3) is 3.55. The Kier molecular flexibility index (Phi) is 3.84. The van der Waals surface area contributed by atoms with Crippen LogP contribution in [0.15, 0.2) is 0 Å². The summed E-state index contributed by atoms with van der Waals surface area (Å²) in [5, 5.41) is 9.70. The highest BCUT2D eigenvalue weighted by atomic mass is 16.2. The number of hydrogen-bond acceptors (Lipinski definition) is 3. The molecule has 1 aromatic rings. The molecule has 0 aromatic carbocycles. The van der Waals surface area contributed by atoms with Crippen molar-refractivity contribution in [2.24, 2.45) is 5.41 Å². The zero-order chi connectivity index (χ0) is 14.1. The lowest BCUT2D eigenvalue weighted by molar-refractivity contribution is 0.0900. The zero-order valence-electron chi connectivity index (χ0n) is 12.4. The average Bonchev–Trinajstić information content (AvgIpc) is 2.63. The Morgan fingerprint density at radius 3 is 2.17 bits per heavy atom. The normalized spacial score (nSPS) is 14.4. The maximum absolute atomic E-state index is 12.0. The Bertz CT molecular complexity index is 423. The molecule has 5 nitrogen and oxygen atoms in total. The van der Waals surface area contributed by atoms with Gasteiger partial charge in [-0.05, 0) is 12.3 Å². The first-order valence-corrected chi connectivity index (χ1v) is 6.25. The van der Waals surface area contributed by atoms with Crippen molar-refractivity contribution < 1.29 is 4.79 Å². The largest absolute Gasteiger partial charge is 0.346 e. The highest BCUT2D eigenvalue weighted by Gasteiger charge is 2.25. The number of carbonyl (C=O) groups is 1. The highest BCUT2D eigenvalue weighted by molar-refractivity contribution is 5.90. The first kappa shape index (κ1) is 14.7. The van der Waals surface area contributed by atoms with Gasteiger partial charge >= 0.3 is 0 Å². The lowest BCUT2D eigenvalue weighted by atomic mass is 9.88. The van der Waals surface area contributed by atoms with Crippen LogP contribution in [0.1, 0.15) is 64.9 Å². The Balaban J connectivity index is 2.77. The third-order valence-electron chi connectivity index (χ3n) is 3.05. The van der Waals surface area contributed by atoms with Crippen molar-refractivity contribution in [1.82, 2.24) is 20.5 Å². The molecular weight excluding hydrogens is 228 g/mol. The van der Waals surface area contributed by atoms with Gasteiger partial charge in [0.05, 0.1) is 0 Å². The van der Waals surface area contributed by atoms with Gasteiger partial charge in [-0.15, -0.1) is 5.10 Å². The number of hydrogen-bond donors (Lipinski definition) is 2. The second-order valence-corrected chi connectivity index (χ2v) is 6.82. The summed E-state index contributed by atoms with van der Waals surface area (Å²) in [6, 6.07) is 0.0570. The van der Waals surface area contributed by atoms with Gasteiger partial charge in [0.25, 0.3) is 5.91 Å². The molecule has 1 aromatic heterocycles. The number of nitrogens with zero attached hydrogens (tertiary/aromatic N) is 2. The lowest BCUT2D eigenvalue weighted by Gasteiger charge is -2.27. The topological polar surface area (TPSA) is 70.7 Å². The molecule has 5 heteroatoms. The van der Waals surface area contributed by atoms with Gasteiger partial charge in [0.2, 0.25) is 5.82 Å². The van der Waals surface area contributed by atoms with Gasteiger partial charge in [0.15, 0.2) is 0 Å². The van der Waals surface area contributed by atoms with Crippen LogP contribution in [-0.2, 0) is 5.41 Å². The van der Waals surface area contributed by atoms with E-state index < -0.39 is 0 Å². The molecular formula is C13H24N4O. The van der Waals surface area contributed by atoms with Crippen LogP contribution in [0.4, 0.5) is 0 Å². The zero-order valence-corrected chi connectivity index (χ0v) is 12.4. The summed E-state index contributed by atoms with van der Waals surface area (Å²) >= 11 is 0. The molecule has 2 N–H and O–H groups in total. The number of amides is 1. The molecule has 0 fully saturated rings. The number of nitrogens with one attached hydrogen (secondary N) is 2. The molecule has 0 spiro atoms. The number of rotatable bonds is 2. The highest BCUT2D eigenvalue weighted by Crippen LogP contribution is 2.19. The fourth-order valence-corrected chi connectivity index (χ4v) is 1.18. The van der Waals surface area contributed by atoms with Gasteiger partial charge < -0.3 is 5.32 Å². The van der Waals surface area contributed by atoms with Crippen molar-refractivity contribution in [2.75, 3.05) is 0 Å². The van der Waals surface area contributed by atoms with E-state index in [9.17, 15) is 4.79 Å². The monoisotopic (exact) mass is 252 g/mol. The molecule has 1 heterocycles. The van der Waals surface area contributed by atoms with Crippen LogP contribution in [0, 0.1) is 5.41 Å². The van der Waals surface area contributed by atoms with E-state index in [2.05, 4.69) is 41.3 Å². The summed E-state index contributed by atoms with van der Waals surface area (Å²) in [5.41, 5.74) is -0.125. The van der Waals surface area contributed by atoms with E-state index in [1.54, 1.807) is 0 Å². The number of aromatic amines is 1. The second-order valence-electron chi connectivity index (χ2n) is 6.82. The predicted molar refractivity (Wildman–Crippen MR) is 71.5 cm³/mol. The quantitative estimate of drug-likeness (QED) is 0.848. The lowest BCUT2D eigenvalue weighted by Crippen LogP contribution is -2.41. The van der Waals surface area contributed by atoms with Gasteiger partial charge in [0, 0.05) is 11.5 Å². The van der Waals surface area contributed by atoms with Crippen molar-refractivity contribution in [1.29, 1.82) is 0 Å². The molecule has 1 amide bonds. The molecule has 0 aliphatic carbocycles. The summed E-state index contributed by atoms with van der Waals surface area (Å²) < 4.78 is 0. The van der Waals surface area contributed by atoms with Crippen LogP contribution < -0.4 is 5.32 Å². The van der Waals surface area contributed by atoms with Crippen LogP contribution in [0.5, 0.6) is 0 Å². The fraction of sp³-hybridized carbons (Fsp3) is 0.769. The van der Waals surface area contributed by atoms with Gasteiger partial charge in [-0.2, -0.15) is 0 Å². The number of H-pyrrole nitrogens is 1. The van der Waals surface area contributed by atoms with Crippen LogP contribution in [0.2, 0.25) is 0 Å². The summed E-state index contributed by atoms with van der Waals surface area (Å²) in [7, 11) is 0. The predicted octanol–water partition coefficient (Wildman–Crippen LogP) is 2.27. The van der Waals surface area contributed by atoms with Gasteiger partial charge in [-0.1, -0.05) is 41.5 Å². The standard InChI is InChI=1S/C13H24N4O/c1-8(12(2,3)4)14-10(18)9-15-11(17-16-9)13(5,6)7/h8H,1-7H3,(H,14,18)(H,15,16,17). The summed E-state index contributed by atoms with van der Waals surface area (Å²) in [6.45, 7) is 14.3. The maximum Gasteiger partial charge on any atom is 0.291 e. The SMILES string of the molecule is CC(NC(=O)c1n[nH]c(C(C)(C)C)n1)C(C)(C)C. The van der Waals surface area contributed by atoms with Gasteiger partial charge in [0.1, 0.15) is 5.82 Å². The van der Waals surface area contributed by atoms with Crippen molar-refractivity contribution >= 4 is 5.91 Å². The first-order chi connectivity index (χ1) is 8.01. The molecule has 1 atom stereocenters. The van der Waals surface area contributed by atoms with E-state index >= 15 is 0 Å². The van der Waals surface area contributed by atoms with Crippen molar-refractivity contribution in [3.05, 3.63) is 11.6 Å². The smallest absolute Gasteiger partial charge is 0.291 e. The maximum atomic E-state index is 12.0. The van der Waals surface area contributed by atoms with E-state index in [1.165, 1.54) is 0 Å². The molecule has 0 aliphatic heterocycles. The molecule has 0 radical (unpaired) electrons. The Morgan fingerprint density at radius 2 is 1.78 bits per heavy atom. The molecule has 1 unspecified atom stereocenters. The second kappa shape index (κ2) is 4.71. The van der Waals surface area contributed by atoms with Crippen LogP contribution in [-0.4, -0.2) is 27.1 Å². The summed E-state index contributed by atoms with van der Waals surface area (Å²) in [4.78, 5) is 16.2. The summed E-state index contributed by atoms with van der Waals surface area (Å²) in [6.07, 6.45) is 0. The van der Waals surface area contributed by atoms with Crippen LogP contribution in [0.3, 0.4) is 0 Å². The fourth-order valence-electron chi connectivity index (χ4n) is 1.18. The van der Waals surface area contributed by atoms with Crippen LogP contribution in [0.25, 0.3) is 0 Å². The third-order valence-corrected chi connectivity index (χ3v) is 3.05. The molecule has 0 saturated carbocycles. The number of aromatic nitrogens is 3. The van der Waals surface area contributed by atoms with E-state index in [1.807, 2.05) is 27.7 Å². The minimum atomic E-state index is -0.232. The minimum Gasteiger partial charge on any atom is -0.346 e. The molecule has 1 rings (SSSR count). The van der Waals surface area contributed by atoms with Gasteiger partial charge in [-0.3, -0.25) is 9.89 Å². The molecule has 0 aliphatic rings. The summed E-state index contributed by atoms with van der Waals surface area (Å²) in [5.74, 6) is 0.691. The molecule has 0 bridgehead atoms. The van der Waals surface area contributed by atoms with Crippen molar-refractivity contribution in [2.45, 2.75) is 59.9 Å². The van der Waals surface area contributed by atoms with Crippen molar-refractivity contribution in [3.8, 4) is 0 Å². The van der Waals surface area contributed by atoms with E-state index in [-0.39, 0.29) is 28.6 Å².